The van der Waals surface area contributed by atoms with Crippen LogP contribution in [0.4, 0.5) is 0 Å². The maximum absolute atomic E-state index is 12.3. The van der Waals surface area contributed by atoms with Gasteiger partial charge in [-0.25, -0.2) is 4.98 Å². The van der Waals surface area contributed by atoms with E-state index in [-0.39, 0.29) is 11.2 Å². The van der Waals surface area contributed by atoms with Crippen LogP contribution < -0.4 is 10.1 Å². The summed E-state index contributed by atoms with van der Waals surface area (Å²) in [5, 5.41) is 6.44. The summed E-state index contributed by atoms with van der Waals surface area (Å²) < 4.78 is 5.19. The minimum atomic E-state index is -0.173. The molecule has 0 saturated heterocycles. The van der Waals surface area contributed by atoms with Crippen LogP contribution in [0, 0.1) is 0 Å². The molecular formula is C21H21ClN2O2S2. The minimum absolute atomic E-state index is 0.00414. The van der Waals surface area contributed by atoms with Gasteiger partial charge in [-0.3, -0.25) is 4.79 Å². The van der Waals surface area contributed by atoms with Gasteiger partial charge in [0.15, 0.2) is 0 Å². The van der Waals surface area contributed by atoms with Crippen LogP contribution in [0.15, 0.2) is 53.9 Å². The second-order valence-electron chi connectivity index (χ2n) is 6.13. The third kappa shape index (κ3) is 5.50. The molecule has 0 saturated carbocycles. The molecule has 1 aromatic heterocycles. The van der Waals surface area contributed by atoms with Gasteiger partial charge in [-0.15, -0.1) is 23.1 Å². The van der Waals surface area contributed by atoms with E-state index in [2.05, 4.69) is 10.3 Å². The van der Waals surface area contributed by atoms with Gasteiger partial charge in [-0.2, -0.15) is 0 Å². The molecule has 3 rings (SSSR count). The Bertz CT molecular complexity index is 928. The average molecular weight is 433 g/mol. The quantitative estimate of drug-likeness (QED) is 0.517. The van der Waals surface area contributed by atoms with Gasteiger partial charge in [-0.1, -0.05) is 29.8 Å². The third-order valence-electron chi connectivity index (χ3n) is 4.15. The van der Waals surface area contributed by atoms with Gasteiger partial charge in [0.1, 0.15) is 10.8 Å². The predicted molar refractivity (Wildman–Crippen MR) is 118 cm³/mol. The largest absolute Gasteiger partial charge is 0.497 e. The fraction of sp³-hybridized carbons (Fsp3) is 0.238. The molecule has 1 N–H and O–H groups in total. The molecule has 0 aliphatic carbocycles. The normalized spacial score (nSPS) is 11.8. The molecule has 7 heteroatoms. The summed E-state index contributed by atoms with van der Waals surface area (Å²) >= 11 is 9.30. The van der Waals surface area contributed by atoms with Crippen LogP contribution >= 0.6 is 34.7 Å². The SMILES string of the molecule is COc1ccc(-c2nc(CSC(C)C(=O)NCc3ccccc3Cl)cs2)cc1. The van der Waals surface area contributed by atoms with Crippen LogP contribution in [0.1, 0.15) is 18.2 Å². The molecule has 2 aromatic carbocycles. The molecule has 0 fully saturated rings. The minimum Gasteiger partial charge on any atom is -0.497 e. The summed E-state index contributed by atoms with van der Waals surface area (Å²) in [5.74, 6) is 1.51. The van der Waals surface area contributed by atoms with Crippen LogP contribution in [0.5, 0.6) is 5.75 Å². The molecule has 146 valence electrons. The van der Waals surface area contributed by atoms with Crippen molar-refractivity contribution in [3.05, 3.63) is 70.2 Å². The monoisotopic (exact) mass is 432 g/mol. The lowest BCUT2D eigenvalue weighted by Gasteiger charge is -2.12. The standard InChI is InChI=1S/C21H21ClN2O2S2/c1-14(20(25)23-11-16-5-3-4-6-19(16)22)27-12-17-13-28-21(24-17)15-7-9-18(26-2)10-8-15/h3-10,13-14H,11-12H2,1-2H3,(H,23,25). The van der Waals surface area contributed by atoms with E-state index in [1.807, 2.05) is 60.8 Å². The Labute approximate surface area is 178 Å². The molecule has 1 atom stereocenters. The van der Waals surface area contributed by atoms with Gasteiger partial charge in [0.2, 0.25) is 5.91 Å². The first-order chi connectivity index (χ1) is 13.6. The Hall–Kier alpha value is -2.02. The molecule has 1 heterocycles. The Morgan fingerprint density at radius 1 is 1.25 bits per heavy atom. The van der Waals surface area contributed by atoms with Crippen molar-refractivity contribution < 1.29 is 9.53 Å². The molecule has 1 amide bonds. The van der Waals surface area contributed by atoms with Gasteiger partial charge in [0.25, 0.3) is 0 Å². The van der Waals surface area contributed by atoms with Gasteiger partial charge in [0.05, 0.1) is 18.1 Å². The van der Waals surface area contributed by atoms with E-state index >= 15 is 0 Å². The fourth-order valence-electron chi connectivity index (χ4n) is 2.49. The van der Waals surface area contributed by atoms with Crippen LogP contribution in [0.25, 0.3) is 10.6 Å². The molecule has 0 bridgehead atoms. The summed E-state index contributed by atoms with van der Waals surface area (Å²) in [6, 6.07) is 15.4. The molecule has 4 nitrogen and oxygen atoms in total. The number of amides is 1. The Balaban J connectivity index is 1.50. The first-order valence-electron chi connectivity index (χ1n) is 8.78. The Morgan fingerprint density at radius 2 is 2.00 bits per heavy atom. The van der Waals surface area contributed by atoms with E-state index in [0.29, 0.717) is 17.3 Å². The molecule has 28 heavy (non-hydrogen) atoms. The lowest BCUT2D eigenvalue weighted by Crippen LogP contribution is -2.30. The lowest BCUT2D eigenvalue weighted by atomic mass is 10.2. The van der Waals surface area contributed by atoms with Crippen molar-refractivity contribution in [3.63, 3.8) is 0 Å². The number of hydrogen-bond acceptors (Lipinski definition) is 5. The van der Waals surface area contributed by atoms with Gasteiger partial charge in [-0.05, 0) is 42.8 Å². The summed E-state index contributed by atoms with van der Waals surface area (Å²) in [6.45, 7) is 2.34. The van der Waals surface area contributed by atoms with Crippen LogP contribution in [0.3, 0.4) is 0 Å². The number of rotatable bonds is 8. The van der Waals surface area contributed by atoms with Crippen molar-refractivity contribution in [2.24, 2.45) is 0 Å². The summed E-state index contributed by atoms with van der Waals surface area (Å²) in [4.78, 5) is 17.0. The molecule has 0 aliphatic rings. The van der Waals surface area contributed by atoms with Gasteiger partial charge >= 0.3 is 0 Å². The van der Waals surface area contributed by atoms with Crippen molar-refractivity contribution >= 4 is 40.6 Å². The Morgan fingerprint density at radius 3 is 2.71 bits per heavy atom. The third-order valence-corrected chi connectivity index (χ3v) is 6.64. The van der Waals surface area contributed by atoms with E-state index in [4.69, 9.17) is 16.3 Å². The highest BCUT2D eigenvalue weighted by atomic mass is 35.5. The number of hydrogen-bond donors (Lipinski definition) is 1. The smallest absolute Gasteiger partial charge is 0.233 e. The van der Waals surface area contributed by atoms with E-state index < -0.39 is 0 Å². The number of thioether (sulfide) groups is 1. The molecule has 0 spiro atoms. The van der Waals surface area contributed by atoms with E-state index in [1.165, 1.54) is 0 Å². The average Bonchev–Trinajstić information content (AvgIpc) is 3.20. The number of carbonyl (C=O) groups is 1. The molecule has 0 radical (unpaired) electrons. The lowest BCUT2D eigenvalue weighted by molar-refractivity contribution is -0.120. The van der Waals surface area contributed by atoms with Gasteiger partial charge < -0.3 is 10.1 Å². The highest BCUT2D eigenvalue weighted by molar-refractivity contribution is 7.99. The topological polar surface area (TPSA) is 51.2 Å². The Kier molecular flexibility index (Phi) is 7.36. The van der Waals surface area contributed by atoms with Crippen molar-refractivity contribution in [2.75, 3.05) is 7.11 Å². The zero-order valence-corrected chi connectivity index (χ0v) is 18.0. The number of benzene rings is 2. The predicted octanol–water partition coefficient (Wildman–Crippen LogP) is 5.41. The number of halogens is 1. The number of methoxy groups -OCH3 is 1. The number of carbonyl (C=O) groups excluding carboxylic acids is 1. The summed E-state index contributed by atoms with van der Waals surface area (Å²) in [5.41, 5.74) is 2.96. The highest BCUT2D eigenvalue weighted by Gasteiger charge is 2.15. The maximum Gasteiger partial charge on any atom is 0.233 e. The van der Waals surface area contributed by atoms with E-state index in [0.717, 1.165) is 27.6 Å². The number of ether oxygens (including phenoxy) is 1. The van der Waals surface area contributed by atoms with Crippen LogP contribution in [0.2, 0.25) is 5.02 Å². The van der Waals surface area contributed by atoms with Crippen molar-refractivity contribution in [2.45, 2.75) is 24.5 Å². The van der Waals surface area contributed by atoms with Crippen molar-refractivity contribution in [1.82, 2.24) is 10.3 Å². The van der Waals surface area contributed by atoms with E-state index in [9.17, 15) is 4.79 Å². The zero-order valence-electron chi connectivity index (χ0n) is 15.6. The number of nitrogens with one attached hydrogen (secondary N) is 1. The van der Waals surface area contributed by atoms with Crippen LogP contribution in [-0.4, -0.2) is 23.3 Å². The first kappa shape index (κ1) is 20.7. The highest BCUT2D eigenvalue weighted by Crippen LogP contribution is 2.28. The molecular weight excluding hydrogens is 412 g/mol. The fourth-order valence-corrected chi connectivity index (χ4v) is 4.43. The molecule has 1 unspecified atom stereocenters. The summed E-state index contributed by atoms with van der Waals surface area (Å²) in [7, 11) is 1.65. The number of thiazole rings is 1. The zero-order chi connectivity index (χ0) is 19.9. The number of aromatic nitrogens is 1. The van der Waals surface area contributed by atoms with Crippen molar-refractivity contribution in [1.29, 1.82) is 0 Å². The number of nitrogens with zero attached hydrogens (tertiary/aromatic N) is 1. The molecule has 0 aliphatic heterocycles. The van der Waals surface area contributed by atoms with Crippen molar-refractivity contribution in [3.8, 4) is 16.3 Å². The maximum atomic E-state index is 12.3. The second-order valence-corrected chi connectivity index (χ2v) is 8.73. The van der Waals surface area contributed by atoms with Crippen LogP contribution in [-0.2, 0) is 17.1 Å². The van der Waals surface area contributed by atoms with Gasteiger partial charge in [0, 0.05) is 28.3 Å². The first-order valence-corrected chi connectivity index (χ1v) is 11.1. The second kappa shape index (κ2) is 9.96. The molecule has 3 aromatic rings. The summed E-state index contributed by atoms with van der Waals surface area (Å²) in [6.07, 6.45) is 0. The van der Waals surface area contributed by atoms with E-state index in [1.54, 1.807) is 30.2 Å².